The third-order valence-corrected chi connectivity index (χ3v) is 3.55. The molecule has 110 valence electrons. The summed E-state index contributed by atoms with van der Waals surface area (Å²) in [6, 6.07) is 8.35. The monoisotopic (exact) mass is 290 g/mol. The average molecular weight is 290 g/mol. The number of hydrogen-bond acceptors (Lipinski definition) is 6. The van der Waals surface area contributed by atoms with Gasteiger partial charge in [0.25, 0.3) is 0 Å². The highest BCUT2D eigenvalue weighted by molar-refractivity contribution is 5.49. The van der Waals surface area contributed by atoms with E-state index in [1.165, 1.54) is 18.2 Å². The standard InChI is InChI=1S/C15H14O6/c16-7-4-5-8(10(18)6-7)15-14(20)13(19)12-9(17)2-1-3-11(12)21-15/h1-6,13-20H. The summed E-state index contributed by atoms with van der Waals surface area (Å²) >= 11 is 0. The topological polar surface area (TPSA) is 110 Å². The molecule has 0 aromatic heterocycles. The van der Waals surface area contributed by atoms with E-state index < -0.39 is 18.3 Å². The summed E-state index contributed by atoms with van der Waals surface area (Å²) in [5, 5.41) is 49.3. The van der Waals surface area contributed by atoms with Crippen molar-refractivity contribution in [3.8, 4) is 23.0 Å². The summed E-state index contributed by atoms with van der Waals surface area (Å²) in [7, 11) is 0. The van der Waals surface area contributed by atoms with Gasteiger partial charge in [-0.1, -0.05) is 6.07 Å². The number of fused-ring (bicyclic) bond motifs is 1. The molecule has 0 aliphatic carbocycles. The summed E-state index contributed by atoms with van der Waals surface area (Å²) in [5.74, 6) is -0.326. The first kappa shape index (κ1) is 13.5. The summed E-state index contributed by atoms with van der Waals surface area (Å²) < 4.78 is 5.59. The second kappa shape index (κ2) is 4.83. The molecule has 3 rings (SSSR count). The zero-order valence-electron chi connectivity index (χ0n) is 10.8. The maximum absolute atomic E-state index is 10.2. The Kier molecular flexibility index (Phi) is 3.12. The molecule has 1 heterocycles. The fourth-order valence-electron chi connectivity index (χ4n) is 2.50. The molecule has 1 aliphatic rings. The highest BCUT2D eigenvalue weighted by atomic mass is 16.5. The third kappa shape index (κ3) is 2.14. The van der Waals surface area contributed by atoms with E-state index in [4.69, 9.17) is 4.74 Å². The molecule has 1 aliphatic heterocycles. The SMILES string of the molecule is Oc1ccc(C2Oc3cccc(O)c3C(O)C2O)c(O)c1. The van der Waals surface area contributed by atoms with E-state index in [1.807, 2.05) is 0 Å². The van der Waals surface area contributed by atoms with E-state index in [0.717, 1.165) is 6.07 Å². The first-order valence-electron chi connectivity index (χ1n) is 6.35. The lowest BCUT2D eigenvalue weighted by Gasteiger charge is -2.34. The second-order valence-corrected chi connectivity index (χ2v) is 4.91. The van der Waals surface area contributed by atoms with Crippen LogP contribution in [0.5, 0.6) is 23.0 Å². The molecule has 0 saturated carbocycles. The fourth-order valence-corrected chi connectivity index (χ4v) is 2.50. The molecule has 0 fully saturated rings. The third-order valence-electron chi connectivity index (χ3n) is 3.55. The van der Waals surface area contributed by atoms with Gasteiger partial charge in [0.15, 0.2) is 6.10 Å². The van der Waals surface area contributed by atoms with Gasteiger partial charge in [0.05, 0.1) is 5.56 Å². The van der Waals surface area contributed by atoms with Crippen molar-refractivity contribution in [2.75, 3.05) is 0 Å². The Morgan fingerprint density at radius 1 is 0.905 bits per heavy atom. The number of benzene rings is 2. The lowest BCUT2D eigenvalue weighted by Crippen LogP contribution is -2.34. The van der Waals surface area contributed by atoms with Gasteiger partial charge in [0, 0.05) is 11.6 Å². The molecule has 3 unspecified atom stereocenters. The zero-order chi connectivity index (χ0) is 15.1. The molecule has 0 radical (unpaired) electrons. The van der Waals surface area contributed by atoms with Crippen LogP contribution in [0.25, 0.3) is 0 Å². The lowest BCUT2D eigenvalue weighted by molar-refractivity contribution is -0.0715. The van der Waals surface area contributed by atoms with Crippen molar-refractivity contribution in [2.24, 2.45) is 0 Å². The molecule has 0 saturated heterocycles. The van der Waals surface area contributed by atoms with E-state index in [9.17, 15) is 25.5 Å². The molecule has 3 atom stereocenters. The molecule has 2 aromatic carbocycles. The predicted octanol–water partition coefficient (Wildman–Crippen LogP) is 1.33. The molecule has 6 heteroatoms. The van der Waals surface area contributed by atoms with Crippen LogP contribution in [0.4, 0.5) is 0 Å². The van der Waals surface area contributed by atoms with E-state index in [1.54, 1.807) is 12.1 Å². The van der Waals surface area contributed by atoms with Crippen molar-refractivity contribution in [1.29, 1.82) is 0 Å². The van der Waals surface area contributed by atoms with Gasteiger partial charge in [0.1, 0.15) is 35.2 Å². The van der Waals surface area contributed by atoms with Crippen LogP contribution < -0.4 is 4.74 Å². The maximum Gasteiger partial charge on any atom is 0.156 e. The number of rotatable bonds is 1. The molecule has 21 heavy (non-hydrogen) atoms. The van der Waals surface area contributed by atoms with Gasteiger partial charge >= 0.3 is 0 Å². The van der Waals surface area contributed by atoms with Crippen LogP contribution in [-0.2, 0) is 0 Å². The minimum Gasteiger partial charge on any atom is -0.508 e. The summed E-state index contributed by atoms with van der Waals surface area (Å²) in [5.41, 5.74) is 0.341. The Bertz CT molecular complexity index is 684. The van der Waals surface area contributed by atoms with Gasteiger partial charge in [-0.05, 0) is 24.3 Å². The normalized spacial score (nSPS) is 24.2. The van der Waals surface area contributed by atoms with E-state index >= 15 is 0 Å². The van der Waals surface area contributed by atoms with Crippen molar-refractivity contribution in [1.82, 2.24) is 0 Å². The molecular weight excluding hydrogens is 276 g/mol. The number of phenolic OH excluding ortho intramolecular Hbond substituents is 3. The highest BCUT2D eigenvalue weighted by Crippen LogP contribution is 2.46. The zero-order valence-corrected chi connectivity index (χ0v) is 10.8. The summed E-state index contributed by atoms with van der Waals surface area (Å²) in [4.78, 5) is 0. The Labute approximate surface area is 120 Å². The Balaban J connectivity index is 2.06. The van der Waals surface area contributed by atoms with Crippen LogP contribution in [0.15, 0.2) is 36.4 Å². The molecule has 6 nitrogen and oxygen atoms in total. The number of phenols is 3. The first-order chi connectivity index (χ1) is 9.99. The number of aromatic hydroxyl groups is 3. The van der Waals surface area contributed by atoms with Crippen LogP contribution in [0.3, 0.4) is 0 Å². The molecule has 0 amide bonds. The highest BCUT2D eigenvalue weighted by Gasteiger charge is 2.39. The summed E-state index contributed by atoms with van der Waals surface area (Å²) in [6.07, 6.45) is -3.75. The van der Waals surface area contributed by atoms with Crippen molar-refractivity contribution < 1.29 is 30.3 Å². The van der Waals surface area contributed by atoms with Gasteiger partial charge in [0.2, 0.25) is 0 Å². The first-order valence-corrected chi connectivity index (χ1v) is 6.35. The maximum atomic E-state index is 10.2. The smallest absolute Gasteiger partial charge is 0.156 e. The van der Waals surface area contributed by atoms with Crippen molar-refractivity contribution in [3.63, 3.8) is 0 Å². The molecule has 2 aromatic rings. The van der Waals surface area contributed by atoms with Gasteiger partial charge in [-0.3, -0.25) is 0 Å². The Morgan fingerprint density at radius 2 is 1.67 bits per heavy atom. The number of aliphatic hydroxyl groups is 2. The van der Waals surface area contributed by atoms with E-state index in [-0.39, 0.29) is 34.1 Å². The predicted molar refractivity (Wildman–Crippen MR) is 72.2 cm³/mol. The second-order valence-electron chi connectivity index (χ2n) is 4.91. The van der Waals surface area contributed by atoms with Crippen molar-refractivity contribution in [3.05, 3.63) is 47.5 Å². The molecule has 0 bridgehead atoms. The fraction of sp³-hybridized carbons (Fsp3) is 0.200. The van der Waals surface area contributed by atoms with Crippen LogP contribution >= 0.6 is 0 Å². The molecule has 5 N–H and O–H groups in total. The van der Waals surface area contributed by atoms with Gasteiger partial charge in [-0.15, -0.1) is 0 Å². The minimum absolute atomic E-state index is 0.111. The number of hydrogen-bond donors (Lipinski definition) is 5. The lowest BCUT2D eigenvalue weighted by atomic mass is 9.91. The largest absolute Gasteiger partial charge is 0.508 e. The van der Waals surface area contributed by atoms with Gasteiger partial charge in [-0.2, -0.15) is 0 Å². The quantitative estimate of drug-likeness (QED) is 0.542. The molecular formula is C15H14O6. The van der Waals surface area contributed by atoms with Gasteiger partial charge in [-0.25, -0.2) is 0 Å². The van der Waals surface area contributed by atoms with Crippen LogP contribution in [-0.4, -0.2) is 31.6 Å². The van der Waals surface area contributed by atoms with Crippen LogP contribution in [0.1, 0.15) is 23.3 Å². The van der Waals surface area contributed by atoms with Crippen molar-refractivity contribution >= 4 is 0 Å². The van der Waals surface area contributed by atoms with Gasteiger partial charge < -0.3 is 30.3 Å². The number of aliphatic hydroxyl groups excluding tert-OH is 2. The number of ether oxygens (including phenoxy) is 1. The molecule has 0 spiro atoms. The van der Waals surface area contributed by atoms with E-state index in [0.29, 0.717) is 0 Å². The average Bonchev–Trinajstić information content (AvgIpc) is 2.43. The Hall–Kier alpha value is -2.44. The minimum atomic E-state index is -1.37. The van der Waals surface area contributed by atoms with Crippen molar-refractivity contribution in [2.45, 2.75) is 18.3 Å². The van der Waals surface area contributed by atoms with E-state index in [2.05, 4.69) is 0 Å². The Morgan fingerprint density at radius 3 is 2.38 bits per heavy atom. The van der Waals surface area contributed by atoms with Crippen LogP contribution in [0.2, 0.25) is 0 Å². The summed E-state index contributed by atoms with van der Waals surface area (Å²) in [6.45, 7) is 0. The van der Waals surface area contributed by atoms with Crippen LogP contribution in [0, 0.1) is 0 Å².